The Morgan fingerprint density at radius 1 is 0.939 bits per heavy atom. The molecule has 0 amide bonds. The summed E-state index contributed by atoms with van der Waals surface area (Å²) in [6.07, 6.45) is 1.41. The first kappa shape index (κ1) is 23.3. The summed E-state index contributed by atoms with van der Waals surface area (Å²) >= 11 is 0. The molecule has 1 aromatic heterocycles. The minimum Gasteiger partial charge on any atom is -0.492 e. The van der Waals surface area contributed by atoms with E-state index in [0.717, 1.165) is 49.1 Å². The van der Waals surface area contributed by atoms with Crippen LogP contribution in [0.1, 0.15) is 35.4 Å². The first-order valence-corrected chi connectivity index (χ1v) is 11.8. The zero-order chi connectivity index (χ0) is 23.3. The highest BCUT2D eigenvalue weighted by atomic mass is 16.5. The van der Waals surface area contributed by atoms with Gasteiger partial charge in [0.05, 0.1) is 12.2 Å². The van der Waals surface area contributed by atoms with Crippen molar-refractivity contribution < 1.29 is 14.6 Å². The van der Waals surface area contributed by atoms with Gasteiger partial charge in [0.25, 0.3) is 0 Å². The number of hydrogen-bond acceptors (Lipinski definition) is 5. The Morgan fingerprint density at radius 2 is 1.70 bits per heavy atom. The quantitative estimate of drug-likeness (QED) is 0.528. The summed E-state index contributed by atoms with van der Waals surface area (Å²) in [5.74, 6) is 1.69. The first-order chi connectivity index (χ1) is 15.9. The molecule has 2 aromatic carbocycles. The number of aryl methyl sites for hydroxylation is 3. The third-order valence-electron chi connectivity index (χ3n) is 6.30. The standard InChI is InChI=1S/C27H35N3O3/c1-21-7-9-25(10-8-21)33-20-27(31)11-13-29(14-12-27)19-24-5-4-6-26(18-24)32-16-15-30-23(3)17-22(2)28-30/h4-10,17-18,31H,11-16,19-20H2,1-3H3. The van der Waals surface area contributed by atoms with E-state index in [2.05, 4.69) is 42.0 Å². The third kappa shape index (κ3) is 6.59. The highest BCUT2D eigenvalue weighted by Gasteiger charge is 2.33. The highest BCUT2D eigenvalue weighted by molar-refractivity contribution is 5.29. The van der Waals surface area contributed by atoms with Crippen LogP contribution in [-0.4, -0.2) is 51.7 Å². The summed E-state index contributed by atoms with van der Waals surface area (Å²) < 4.78 is 13.8. The van der Waals surface area contributed by atoms with E-state index >= 15 is 0 Å². The minimum absolute atomic E-state index is 0.336. The fourth-order valence-corrected chi connectivity index (χ4v) is 4.27. The van der Waals surface area contributed by atoms with E-state index in [9.17, 15) is 5.11 Å². The predicted octanol–water partition coefficient (Wildman–Crippen LogP) is 4.29. The molecule has 6 heteroatoms. The average Bonchev–Trinajstić information content (AvgIpc) is 3.12. The molecule has 1 N–H and O–H groups in total. The lowest BCUT2D eigenvalue weighted by atomic mass is 9.92. The molecule has 176 valence electrons. The van der Waals surface area contributed by atoms with E-state index in [4.69, 9.17) is 9.47 Å². The van der Waals surface area contributed by atoms with E-state index in [-0.39, 0.29) is 0 Å². The Balaban J connectivity index is 1.22. The fraction of sp³-hybridized carbons (Fsp3) is 0.444. The van der Waals surface area contributed by atoms with Gasteiger partial charge in [0.1, 0.15) is 30.3 Å². The Morgan fingerprint density at radius 3 is 2.39 bits per heavy atom. The average molecular weight is 450 g/mol. The van der Waals surface area contributed by atoms with Gasteiger partial charge in [-0.25, -0.2) is 0 Å². The zero-order valence-corrected chi connectivity index (χ0v) is 20.0. The van der Waals surface area contributed by atoms with Crippen LogP contribution in [0.3, 0.4) is 0 Å². The second kappa shape index (κ2) is 10.4. The largest absolute Gasteiger partial charge is 0.492 e. The summed E-state index contributed by atoms with van der Waals surface area (Å²) in [6.45, 7) is 10.3. The van der Waals surface area contributed by atoms with Crippen molar-refractivity contribution in [2.24, 2.45) is 0 Å². The van der Waals surface area contributed by atoms with Crippen LogP contribution < -0.4 is 9.47 Å². The topological polar surface area (TPSA) is 59.8 Å². The molecule has 6 nitrogen and oxygen atoms in total. The van der Waals surface area contributed by atoms with Crippen LogP contribution in [0.25, 0.3) is 0 Å². The highest BCUT2D eigenvalue weighted by Crippen LogP contribution is 2.25. The van der Waals surface area contributed by atoms with Gasteiger partial charge in [-0.1, -0.05) is 29.8 Å². The minimum atomic E-state index is -0.769. The number of nitrogens with zero attached hydrogens (tertiary/aromatic N) is 3. The normalized spacial score (nSPS) is 16.0. The van der Waals surface area contributed by atoms with Crippen molar-refractivity contribution in [1.29, 1.82) is 0 Å². The fourth-order valence-electron chi connectivity index (χ4n) is 4.27. The van der Waals surface area contributed by atoms with E-state index in [1.54, 1.807) is 0 Å². The third-order valence-corrected chi connectivity index (χ3v) is 6.30. The SMILES string of the molecule is Cc1ccc(OCC2(O)CCN(Cc3cccc(OCCn4nc(C)cc4C)c3)CC2)cc1. The van der Waals surface area contributed by atoms with E-state index in [0.29, 0.717) is 26.1 Å². The van der Waals surface area contributed by atoms with Gasteiger partial charge in [0.2, 0.25) is 0 Å². The molecule has 4 rings (SSSR count). The van der Waals surface area contributed by atoms with Gasteiger partial charge in [-0.15, -0.1) is 0 Å². The lowest BCUT2D eigenvalue weighted by Gasteiger charge is -2.38. The van der Waals surface area contributed by atoms with Crippen LogP contribution in [0.5, 0.6) is 11.5 Å². The molecular weight excluding hydrogens is 414 g/mol. The summed E-state index contributed by atoms with van der Waals surface area (Å²) in [4.78, 5) is 2.38. The number of aromatic nitrogens is 2. The molecule has 0 atom stereocenters. The van der Waals surface area contributed by atoms with Crippen LogP contribution in [0.2, 0.25) is 0 Å². The van der Waals surface area contributed by atoms with Gasteiger partial charge in [0, 0.05) is 25.3 Å². The Hall–Kier alpha value is -2.83. The van der Waals surface area contributed by atoms with Crippen molar-refractivity contribution in [3.05, 3.63) is 77.1 Å². The van der Waals surface area contributed by atoms with Crippen LogP contribution in [0, 0.1) is 20.8 Å². The molecule has 33 heavy (non-hydrogen) atoms. The Labute approximate surface area is 196 Å². The smallest absolute Gasteiger partial charge is 0.119 e. The molecule has 0 saturated carbocycles. The summed E-state index contributed by atoms with van der Waals surface area (Å²) in [7, 11) is 0. The van der Waals surface area contributed by atoms with E-state index in [1.165, 1.54) is 11.1 Å². The summed E-state index contributed by atoms with van der Waals surface area (Å²) in [5, 5.41) is 15.4. The first-order valence-electron chi connectivity index (χ1n) is 11.8. The number of hydrogen-bond donors (Lipinski definition) is 1. The molecule has 0 radical (unpaired) electrons. The maximum atomic E-state index is 10.9. The Kier molecular flexibility index (Phi) is 7.36. The Bertz CT molecular complexity index is 1040. The second-order valence-corrected chi connectivity index (χ2v) is 9.25. The zero-order valence-electron chi connectivity index (χ0n) is 20.0. The molecule has 1 fully saturated rings. The number of aliphatic hydroxyl groups is 1. The van der Waals surface area contributed by atoms with Crippen molar-refractivity contribution in [1.82, 2.24) is 14.7 Å². The van der Waals surface area contributed by atoms with Crippen LogP contribution in [-0.2, 0) is 13.1 Å². The molecule has 3 aromatic rings. The maximum absolute atomic E-state index is 10.9. The van der Waals surface area contributed by atoms with Gasteiger partial charge in [0.15, 0.2) is 0 Å². The number of ether oxygens (including phenoxy) is 2. The molecule has 0 spiro atoms. The predicted molar refractivity (Wildman–Crippen MR) is 130 cm³/mol. The summed E-state index contributed by atoms with van der Waals surface area (Å²) in [5.41, 5.74) is 3.84. The molecule has 0 aliphatic carbocycles. The number of rotatable bonds is 9. The van der Waals surface area contributed by atoms with Gasteiger partial charge in [-0.3, -0.25) is 9.58 Å². The molecule has 0 unspecified atom stereocenters. The van der Waals surface area contributed by atoms with Crippen molar-refractivity contribution in [3.63, 3.8) is 0 Å². The number of likely N-dealkylation sites (tertiary alicyclic amines) is 1. The van der Waals surface area contributed by atoms with Crippen LogP contribution in [0.4, 0.5) is 0 Å². The van der Waals surface area contributed by atoms with Gasteiger partial charge < -0.3 is 14.6 Å². The number of benzene rings is 2. The van der Waals surface area contributed by atoms with Gasteiger partial charge >= 0.3 is 0 Å². The molecule has 0 bridgehead atoms. The van der Waals surface area contributed by atoms with Crippen molar-refractivity contribution in [2.45, 2.75) is 52.3 Å². The second-order valence-electron chi connectivity index (χ2n) is 9.25. The molecular formula is C27H35N3O3. The molecule has 1 aliphatic rings. The molecule has 1 saturated heterocycles. The lowest BCUT2D eigenvalue weighted by molar-refractivity contribution is -0.0537. The van der Waals surface area contributed by atoms with E-state index in [1.807, 2.05) is 48.0 Å². The molecule has 1 aliphatic heterocycles. The van der Waals surface area contributed by atoms with Crippen molar-refractivity contribution >= 4 is 0 Å². The lowest BCUT2D eigenvalue weighted by Crippen LogP contribution is -2.47. The van der Waals surface area contributed by atoms with Crippen molar-refractivity contribution in [2.75, 3.05) is 26.3 Å². The van der Waals surface area contributed by atoms with Crippen LogP contribution >= 0.6 is 0 Å². The van der Waals surface area contributed by atoms with Crippen LogP contribution in [0.15, 0.2) is 54.6 Å². The summed E-state index contributed by atoms with van der Waals surface area (Å²) in [6, 6.07) is 18.3. The van der Waals surface area contributed by atoms with Gasteiger partial charge in [-0.2, -0.15) is 5.10 Å². The monoisotopic (exact) mass is 449 g/mol. The molecule has 2 heterocycles. The van der Waals surface area contributed by atoms with Gasteiger partial charge in [-0.05, 0) is 69.5 Å². The maximum Gasteiger partial charge on any atom is 0.119 e. The van der Waals surface area contributed by atoms with E-state index < -0.39 is 5.60 Å². The number of piperidine rings is 1. The van der Waals surface area contributed by atoms with Crippen molar-refractivity contribution in [3.8, 4) is 11.5 Å².